The SMILES string of the molecule is C.O=C(O)/C=C/O[C@@H]1[C@@H](n2cc(-c3cc(F)c(F)c(F)c3)nn2)[C@@H](O)[C@@H](CO)O[C@@H]1Sc1ccc(Cl)c(Cl)c1.O=C(O)/C=C\O[C@@H]1[C@@H](n2cc(-c3cc(F)c(F)c(F)c3)nn2)[C@@H](O)[C@@H](CO)O[C@@H]1Sc1ccc(Cl)c(Cl)c1. The molecular formula is C47H40Cl4F6N6O12S2. The first-order chi connectivity index (χ1) is 36.2. The van der Waals surface area contributed by atoms with Crippen molar-refractivity contribution >= 4 is 81.9 Å². The van der Waals surface area contributed by atoms with Gasteiger partial charge in [0, 0.05) is 20.9 Å². The van der Waals surface area contributed by atoms with Gasteiger partial charge in [0.15, 0.2) is 47.1 Å². The molecular weight excluding hydrogens is 1160 g/mol. The Kier molecular flexibility index (Phi) is 21.1. The van der Waals surface area contributed by atoms with Crippen LogP contribution in [0.4, 0.5) is 26.3 Å². The van der Waals surface area contributed by atoms with E-state index in [0.29, 0.717) is 19.8 Å². The number of aliphatic hydroxyl groups is 4. The standard InChI is InChI=1S/2C23H18Cl2F3N3O6S.CH4/c2*24-12-2-1-11(7-13(12)25)38-23-22(36-4-3-18(33)34)20(21(35)17(9-32)37-23)31-8-16(29-30-31)10-5-14(26)19(28)15(27)6-10;/h2*1-8,17,20-23,32,35H,9H2,(H,33,34);1H4/b4-3+;4-3-;/t2*17-,20+,21+,22-,23-;/m11./s1. The van der Waals surface area contributed by atoms with Crippen molar-refractivity contribution in [2.24, 2.45) is 0 Å². The Morgan fingerprint density at radius 1 is 0.597 bits per heavy atom. The average molecular weight is 1200 g/mol. The van der Waals surface area contributed by atoms with Gasteiger partial charge >= 0.3 is 11.9 Å². The van der Waals surface area contributed by atoms with Crippen LogP contribution in [-0.2, 0) is 28.5 Å². The second-order valence-corrected chi connectivity index (χ2v) is 19.9. The van der Waals surface area contributed by atoms with Crippen molar-refractivity contribution in [3.05, 3.63) is 153 Å². The Morgan fingerprint density at radius 2 is 0.948 bits per heavy atom. The number of rotatable bonds is 16. The number of carboxylic acid groups (broad SMARTS) is 2. The summed E-state index contributed by atoms with van der Waals surface area (Å²) in [6.07, 6.45) is -1.78. The van der Waals surface area contributed by atoms with Gasteiger partial charge in [-0.25, -0.2) is 45.3 Å². The van der Waals surface area contributed by atoms with E-state index >= 15 is 0 Å². The maximum absolute atomic E-state index is 13.8. The van der Waals surface area contributed by atoms with Gasteiger partial charge in [-0.15, -0.1) is 10.2 Å². The van der Waals surface area contributed by atoms with E-state index in [0.717, 1.165) is 81.8 Å². The van der Waals surface area contributed by atoms with E-state index in [2.05, 4.69) is 20.6 Å². The number of halogens is 10. The molecule has 0 spiro atoms. The zero-order chi connectivity index (χ0) is 55.1. The molecule has 10 atom stereocenters. The molecule has 30 heteroatoms. The van der Waals surface area contributed by atoms with Gasteiger partial charge in [-0.1, -0.05) is 87.8 Å². The third-order valence-corrected chi connectivity index (χ3v) is 14.8. The predicted molar refractivity (Wildman–Crippen MR) is 267 cm³/mol. The third kappa shape index (κ3) is 14.6. The van der Waals surface area contributed by atoms with Gasteiger partial charge in [0.1, 0.15) is 58.8 Å². The molecule has 0 bridgehead atoms. The summed E-state index contributed by atoms with van der Waals surface area (Å²) < 4.78 is 107. The average Bonchev–Trinajstić information content (AvgIpc) is 4.11. The third-order valence-electron chi connectivity index (χ3n) is 11.0. The van der Waals surface area contributed by atoms with Crippen LogP contribution in [0.25, 0.3) is 22.5 Å². The minimum Gasteiger partial charge on any atom is -0.492 e. The van der Waals surface area contributed by atoms with Crippen LogP contribution in [0.15, 0.2) is 108 Å². The molecule has 6 N–H and O–H groups in total. The fourth-order valence-electron chi connectivity index (χ4n) is 7.47. The van der Waals surface area contributed by atoms with Gasteiger partial charge in [0.05, 0.1) is 70.4 Å². The summed E-state index contributed by atoms with van der Waals surface area (Å²) in [5.41, 5.74) is -2.31. The summed E-state index contributed by atoms with van der Waals surface area (Å²) in [6, 6.07) is 10.1. The van der Waals surface area contributed by atoms with Crippen molar-refractivity contribution in [2.45, 2.75) is 76.8 Å². The fourth-order valence-corrected chi connectivity index (χ4v) is 10.5. The quantitative estimate of drug-likeness (QED) is 0.0229. The minimum atomic E-state index is -1.65. The normalized spacial score (nSPS) is 23.3. The summed E-state index contributed by atoms with van der Waals surface area (Å²) in [6.45, 7) is -1.21. The summed E-state index contributed by atoms with van der Waals surface area (Å²) in [5.74, 6) is -11.6. The van der Waals surface area contributed by atoms with Crippen LogP contribution in [0, 0.1) is 34.9 Å². The lowest BCUT2D eigenvalue weighted by molar-refractivity contribution is -0.180. The summed E-state index contributed by atoms with van der Waals surface area (Å²) in [4.78, 5) is 23.2. The first-order valence-corrected chi connectivity index (χ1v) is 24.8. The number of ether oxygens (including phenoxy) is 4. The molecule has 77 heavy (non-hydrogen) atoms. The predicted octanol–water partition coefficient (Wildman–Crippen LogP) is 8.76. The summed E-state index contributed by atoms with van der Waals surface area (Å²) >= 11 is 26.4. The number of aromatic nitrogens is 6. The lowest BCUT2D eigenvalue weighted by atomic mass is 9.97. The molecule has 4 aromatic carbocycles. The zero-order valence-corrected chi connectivity index (χ0v) is 42.5. The number of hydrogen-bond donors (Lipinski definition) is 6. The first-order valence-electron chi connectivity index (χ1n) is 21.5. The zero-order valence-electron chi connectivity index (χ0n) is 37.8. The number of thioether (sulfide) groups is 2. The highest BCUT2D eigenvalue weighted by molar-refractivity contribution is 8.00. The van der Waals surface area contributed by atoms with E-state index in [-0.39, 0.29) is 40.0 Å². The smallest absolute Gasteiger partial charge is 0.331 e. The molecule has 18 nitrogen and oxygen atoms in total. The number of carbonyl (C=O) groups is 2. The molecule has 2 aliphatic rings. The van der Waals surface area contributed by atoms with Gasteiger partial charge in [-0.05, 0) is 60.7 Å². The molecule has 0 saturated carbocycles. The molecule has 2 fully saturated rings. The molecule has 0 aliphatic carbocycles. The van der Waals surface area contributed by atoms with Crippen molar-refractivity contribution in [1.82, 2.24) is 30.0 Å². The number of aliphatic hydroxyl groups excluding tert-OH is 4. The molecule has 2 aliphatic heterocycles. The molecule has 412 valence electrons. The summed E-state index contributed by atoms with van der Waals surface area (Å²) in [7, 11) is 0. The Morgan fingerprint density at radius 3 is 1.26 bits per heavy atom. The topological polar surface area (TPSA) is 254 Å². The van der Waals surface area contributed by atoms with E-state index in [1.807, 2.05) is 0 Å². The minimum absolute atomic E-state index is 0. The van der Waals surface area contributed by atoms with E-state index in [1.54, 1.807) is 36.4 Å². The van der Waals surface area contributed by atoms with Crippen molar-refractivity contribution in [1.29, 1.82) is 0 Å². The number of benzene rings is 4. The van der Waals surface area contributed by atoms with Crippen LogP contribution in [0.1, 0.15) is 19.5 Å². The number of nitrogens with zero attached hydrogens (tertiary/aromatic N) is 6. The lowest BCUT2D eigenvalue weighted by Gasteiger charge is -2.43. The highest BCUT2D eigenvalue weighted by Crippen LogP contribution is 2.43. The number of hydrogen-bond acceptors (Lipinski definition) is 16. The van der Waals surface area contributed by atoms with Gasteiger partial charge in [-0.2, -0.15) is 0 Å². The van der Waals surface area contributed by atoms with E-state index in [4.69, 9.17) is 75.6 Å². The first kappa shape index (κ1) is 60.6. The lowest BCUT2D eigenvalue weighted by Crippen LogP contribution is -2.55. The van der Waals surface area contributed by atoms with Crippen LogP contribution in [0.2, 0.25) is 20.1 Å². The van der Waals surface area contributed by atoms with E-state index < -0.39 is 120 Å². The molecule has 6 aromatic rings. The Labute approximate surface area is 460 Å². The monoisotopic (exact) mass is 1200 g/mol. The van der Waals surface area contributed by atoms with Crippen LogP contribution < -0.4 is 0 Å². The van der Waals surface area contributed by atoms with Crippen LogP contribution in [0.3, 0.4) is 0 Å². The van der Waals surface area contributed by atoms with Gasteiger partial charge in [0.25, 0.3) is 0 Å². The highest BCUT2D eigenvalue weighted by Gasteiger charge is 2.50. The van der Waals surface area contributed by atoms with Crippen LogP contribution in [0.5, 0.6) is 0 Å². The second kappa shape index (κ2) is 26.8. The molecule has 8 rings (SSSR count). The largest absolute Gasteiger partial charge is 0.492 e. The maximum Gasteiger partial charge on any atom is 0.331 e. The molecule has 4 heterocycles. The fraction of sp³-hybridized carbons (Fsp3) is 0.277. The van der Waals surface area contributed by atoms with E-state index in [9.17, 15) is 56.4 Å². The highest BCUT2D eigenvalue weighted by atomic mass is 35.5. The number of carboxylic acids is 2. The van der Waals surface area contributed by atoms with Gasteiger partial charge in [-0.3, -0.25) is 0 Å². The van der Waals surface area contributed by atoms with Crippen LogP contribution >= 0.6 is 69.9 Å². The van der Waals surface area contributed by atoms with E-state index in [1.165, 1.54) is 12.4 Å². The summed E-state index contributed by atoms with van der Waals surface area (Å²) in [5, 5.41) is 76.5. The molecule has 0 amide bonds. The molecule has 0 unspecified atom stereocenters. The van der Waals surface area contributed by atoms with Crippen molar-refractivity contribution in [2.75, 3.05) is 13.2 Å². The molecule has 0 radical (unpaired) electrons. The van der Waals surface area contributed by atoms with Crippen molar-refractivity contribution < 1.29 is 85.5 Å². The molecule has 2 saturated heterocycles. The maximum atomic E-state index is 13.8. The van der Waals surface area contributed by atoms with Crippen molar-refractivity contribution in [3.63, 3.8) is 0 Å². The Hall–Kier alpha value is -5.62. The Balaban J connectivity index is 0.000000246. The van der Waals surface area contributed by atoms with Gasteiger partial charge < -0.3 is 49.6 Å². The van der Waals surface area contributed by atoms with Crippen molar-refractivity contribution in [3.8, 4) is 22.5 Å². The van der Waals surface area contributed by atoms with Gasteiger partial charge in [0.2, 0.25) is 0 Å². The Bertz CT molecular complexity index is 2890. The number of aliphatic carboxylic acids is 2. The second-order valence-electron chi connectivity index (χ2n) is 16.0. The van der Waals surface area contributed by atoms with Crippen LogP contribution in [-0.4, -0.2) is 133 Å². The molecule has 2 aromatic heterocycles.